The Bertz CT molecular complexity index is 928. The Balaban J connectivity index is 1.77. The molecule has 1 heterocycles. The van der Waals surface area contributed by atoms with Crippen LogP contribution in [0.15, 0.2) is 48.5 Å². The minimum absolute atomic E-state index is 0.0783. The molecule has 5 nitrogen and oxygen atoms in total. The van der Waals surface area contributed by atoms with E-state index in [4.69, 9.17) is 10.00 Å². The second-order valence-corrected chi connectivity index (χ2v) is 5.16. The van der Waals surface area contributed by atoms with Crippen molar-refractivity contribution in [3.63, 3.8) is 0 Å². The molecule has 0 radical (unpaired) electrons. The number of hydrogen-bond acceptors (Lipinski definition) is 4. The van der Waals surface area contributed by atoms with E-state index in [1.165, 1.54) is 12.1 Å². The third-order valence-corrected chi connectivity index (χ3v) is 3.43. The number of nitrogens with zero attached hydrogens (tertiary/aromatic N) is 3. The molecule has 0 fully saturated rings. The van der Waals surface area contributed by atoms with Crippen LogP contribution < -0.4 is 4.74 Å². The molecule has 0 aliphatic carbocycles. The number of H-pyrrole nitrogens is 1. The smallest absolute Gasteiger partial charge is 0.416 e. The van der Waals surface area contributed by atoms with E-state index in [0.29, 0.717) is 11.3 Å². The van der Waals surface area contributed by atoms with Crippen molar-refractivity contribution in [1.29, 1.82) is 5.26 Å². The number of aromatic nitrogens is 3. The first-order valence-electron chi connectivity index (χ1n) is 7.18. The van der Waals surface area contributed by atoms with Crippen molar-refractivity contribution >= 4 is 0 Å². The Morgan fingerprint density at radius 3 is 2.68 bits per heavy atom. The Morgan fingerprint density at radius 1 is 1.12 bits per heavy atom. The summed E-state index contributed by atoms with van der Waals surface area (Å²) in [5.41, 5.74) is 1.26. The Morgan fingerprint density at radius 2 is 1.92 bits per heavy atom. The van der Waals surface area contributed by atoms with Crippen molar-refractivity contribution in [2.24, 2.45) is 0 Å². The molecule has 0 saturated carbocycles. The number of aromatic amines is 1. The maximum absolute atomic E-state index is 12.7. The lowest BCUT2D eigenvalue weighted by Crippen LogP contribution is -2.05. The molecule has 126 valence electrons. The van der Waals surface area contributed by atoms with E-state index in [0.717, 1.165) is 17.7 Å². The minimum atomic E-state index is -4.42. The molecule has 0 bridgehead atoms. The number of hydrogen-bond donors (Lipinski definition) is 1. The van der Waals surface area contributed by atoms with Crippen molar-refractivity contribution in [3.8, 4) is 23.1 Å². The van der Waals surface area contributed by atoms with Crippen molar-refractivity contribution < 1.29 is 17.9 Å². The van der Waals surface area contributed by atoms with Crippen molar-refractivity contribution in [3.05, 3.63) is 65.4 Å². The van der Waals surface area contributed by atoms with E-state index < -0.39 is 11.7 Å². The Kier molecular flexibility index (Phi) is 4.39. The first-order chi connectivity index (χ1) is 12.0. The number of benzene rings is 2. The first-order valence-corrected chi connectivity index (χ1v) is 7.18. The van der Waals surface area contributed by atoms with E-state index >= 15 is 0 Å². The highest BCUT2D eigenvalue weighted by Crippen LogP contribution is 2.31. The number of nitrogens with one attached hydrogen (secondary N) is 1. The Labute approximate surface area is 140 Å². The quantitative estimate of drug-likeness (QED) is 0.778. The van der Waals surface area contributed by atoms with E-state index in [-0.39, 0.29) is 18.1 Å². The van der Waals surface area contributed by atoms with E-state index in [2.05, 4.69) is 15.4 Å². The van der Waals surface area contributed by atoms with Crippen LogP contribution in [0.25, 0.3) is 11.3 Å². The molecule has 2 aromatic carbocycles. The van der Waals surface area contributed by atoms with Crippen LogP contribution in [-0.4, -0.2) is 15.4 Å². The zero-order valence-electron chi connectivity index (χ0n) is 12.7. The number of rotatable bonds is 4. The molecule has 3 rings (SSSR count). The average molecular weight is 344 g/mol. The maximum atomic E-state index is 12.7. The van der Waals surface area contributed by atoms with E-state index in [9.17, 15) is 13.2 Å². The zero-order valence-corrected chi connectivity index (χ0v) is 12.7. The third-order valence-electron chi connectivity index (χ3n) is 3.43. The summed E-state index contributed by atoms with van der Waals surface area (Å²) in [6.45, 7) is 0.0783. The van der Waals surface area contributed by atoms with Gasteiger partial charge in [-0.25, -0.2) is 5.10 Å². The van der Waals surface area contributed by atoms with Crippen LogP contribution in [-0.2, 0) is 12.8 Å². The molecule has 1 aromatic heterocycles. The normalized spacial score (nSPS) is 11.1. The van der Waals surface area contributed by atoms with Gasteiger partial charge in [0.05, 0.1) is 5.56 Å². The molecule has 1 N–H and O–H groups in total. The van der Waals surface area contributed by atoms with Gasteiger partial charge >= 0.3 is 6.18 Å². The van der Waals surface area contributed by atoms with Crippen LogP contribution in [0.4, 0.5) is 13.2 Å². The summed E-state index contributed by atoms with van der Waals surface area (Å²) in [5.74, 6) is 0.124. The monoisotopic (exact) mass is 344 g/mol. The fraction of sp³-hybridized carbons (Fsp3) is 0.118. The van der Waals surface area contributed by atoms with Crippen LogP contribution in [0, 0.1) is 11.3 Å². The highest BCUT2D eigenvalue weighted by molar-refractivity contribution is 5.64. The minimum Gasteiger partial charge on any atom is -0.489 e. The molecule has 0 amide bonds. The maximum Gasteiger partial charge on any atom is 0.416 e. The van der Waals surface area contributed by atoms with Crippen molar-refractivity contribution in [1.82, 2.24) is 15.4 Å². The fourth-order valence-corrected chi connectivity index (χ4v) is 2.25. The van der Waals surface area contributed by atoms with Gasteiger partial charge in [0.15, 0.2) is 5.69 Å². The molecule has 0 atom stereocenters. The average Bonchev–Trinajstić information content (AvgIpc) is 3.08. The number of nitriles is 1. The van der Waals surface area contributed by atoms with Crippen LogP contribution in [0.3, 0.4) is 0 Å². The van der Waals surface area contributed by atoms with E-state index in [1.54, 1.807) is 24.3 Å². The van der Waals surface area contributed by atoms with Gasteiger partial charge < -0.3 is 4.74 Å². The summed E-state index contributed by atoms with van der Waals surface area (Å²) in [4.78, 5) is 0. The summed E-state index contributed by atoms with van der Waals surface area (Å²) in [7, 11) is 0. The van der Waals surface area contributed by atoms with Gasteiger partial charge in [0, 0.05) is 5.56 Å². The predicted octanol–water partition coefficient (Wildman–Crippen LogP) is 3.94. The summed E-state index contributed by atoms with van der Waals surface area (Å²) in [6.07, 6.45) is -4.42. The molecular formula is C17H11F3N4O. The SMILES string of the molecule is N#Cc1[nH]nnc1-c1cccc(COc2cccc(C(F)(F)F)c2)c1. The fourth-order valence-electron chi connectivity index (χ4n) is 2.25. The second kappa shape index (κ2) is 6.65. The van der Waals surface area contributed by atoms with Crippen molar-refractivity contribution in [2.75, 3.05) is 0 Å². The van der Waals surface area contributed by atoms with E-state index in [1.807, 2.05) is 6.07 Å². The highest BCUT2D eigenvalue weighted by atomic mass is 19.4. The van der Waals surface area contributed by atoms with Gasteiger partial charge in [-0.1, -0.05) is 29.5 Å². The molecule has 0 saturated heterocycles. The van der Waals surface area contributed by atoms with Gasteiger partial charge in [0.1, 0.15) is 24.1 Å². The molecular weight excluding hydrogens is 333 g/mol. The van der Waals surface area contributed by atoms with Gasteiger partial charge in [-0.3, -0.25) is 0 Å². The summed E-state index contributed by atoms with van der Waals surface area (Å²) in [6, 6.07) is 13.7. The lowest BCUT2D eigenvalue weighted by atomic mass is 10.1. The van der Waals surface area contributed by atoms with Crippen LogP contribution in [0.2, 0.25) is 0 Å². The highest BCUT2D eigenvalue weighted by Gasteiger charge is 2.30. The van der Waals surface area contributed by atoms with Crippen LogP contribution in [0.5, 0.6) is 5.75 Å². The number of alkyl halides is 3. The molecule has 0 unspecified atom stereocenters. The van der Waals surface area contributed by atoms with Crippen LogP contribution >= 0.6 is 0 Å². The number of halogens is 3. The first kappa shape index (κ1) is 16.5. The summed E-state index contributed by atoms with van der Waals surface area (Å²) >= 11 is 0. The molecule has 8 heteroatoms. The topological polar surface area (TPSA) is 74.6 Å². The molecule has 25 heavy (non-hydrogen) atoms. The number of ether oxygens (including phenoxy) is 1. The van der Waals surface area contributed by atoms with Crippen LogP contribution in [0.1, 0.15) is 16.8 Å². The molecule has 0 aliphatic rings. The predicted molar refractivity (Wildman–Crippen MR) is 82.3 cm³/mol. The van der Waals surface area contributed by atoms with Gasteiger partial charge in [-0.2, -0.15) is 18.4 Å². The van der Waals surface area contributed by atoms with Gasteiger partial charge in [0.25, 0.3) is 0 Å². The standard InChI is InChI=1S/C17H11F3N4O/c18-17(19,20)13-5-2-6-14(8-13)25-10-11-3-1-4-12(7-11)16-15(9-21)22-24-23-16/h1-8H,10H2,(H,22,23,24). The zero-order chi connectivity index (χ0) is 17.9. The summed E-state index contributed by atoms with van der Waals surface area (Å²) < 4.78 is 43.6. The van der Waals surface area contributed by atoms with Gasteiger partial charge in [-0.05, 0) is 29.8 Å². The second-order valence-electron chi connectivity index (χ2n) is 5.16. The largest absolute Gasteiger partial charge is 0.489 e. The van der Waals surface area contributed by atoms with Gasteiger partial charge in [-0.15, -0.1) is 5.10 Å². The lowest BCUT2D eigenvalue weighted by molar-refractivity contribution is -0.137. The molecule has 0 spiro atoms. The molecule has 3 aromatic rings. The van der Waals surface area contributed by atoms with Gasteiger partial charge in [0.2, 0.25) is 0 Å². The third kappa shape index (κ3) is 3.77. The Hall–Kier alpha value is -3.34. The van der Waals surface area contributed by atoms with Crippen molar-refractivity contribution in [2.45, 2.75) is 12.8 Å². The lowest BCUT2D eigenvalue weighted by Gasteiger charge is -2.10. The molecule has 0 aliphatic heterocycles. The summed E-state index contributed by atoms with van der Waals surface area (Å²) in [5, 5.41) is 18.9.